The summed E-state index contributed by atoms with van der Waals surface area (Å²) in [5, 5.41) is 10.00. The molecule has 1 aromatic heterocycles. The van der Waals surface area contributed by atoms with E-state index in [1.54, 1.807) is 0 Å². The van der Waals surface area contributed by atoms with Crippen LogP contribution >= 0.6 is 11.6 Å². The highest BCUT2D eigenvalue weighted by molar-refractivity contribution is 6.30. The fourth-order valence-corrected chi connectivity index (χ4v) is 2.55. The van der Waals surface area contributed by atoms with Crippen LogP contribution in [0.2, 0.25) is 5.15 Å². The number of rotatable bonds is 3. The second kappa shape index (κ2) is 5.23. The van der Waals surface area contributed by atoms with Crippen molar-refractivity contribution in [2.75, 3.05) is 31.3 Å². The fourth-order valence-electron chi connectivity index (χ4n) is 2.38. The number of aliphatic hydroxyl groups excluding tert-OH is 1. The summed E-state index contributed by atoms with van der Waals surface area (Å²) in [6.45, 7) is 3.88. The molecule has 1 aliphatic heterocycles. The highest BCUT2D eigenvalue weighted by Gasteiger charge is 2.31. The van der Waals surface area contributed by atoms with Gasteiger partial charge in [0.05, 0.1) is 25.9 Å². The molecule has 0 bridgehead atoms. The average molecular weight is 284 g/mol. The second-order valence-corrected chi connectivity index (χ2v) is 5.56. The van der Waals surface area contributed by atoms with Gasteiger partial charge in [-0.1, -0.05) is 11.6 Å². The monoisotopic (exact) mass is 283 g/mol. The van der Waals surface area contributed by atoms with Gasteiger partial charge in [-0.3, -0.25) is 0 Å². The molecule has 0 spiro atoms. The average Bonchev–Trinajstić information content (AvgIpc) is 3.26. The van der Waals surface area contributed by atoms with Crippen molar-refractivity contribution in [3.63, 3.8) is 0 Å². The molecule has 2 aliphatic rings. The number of anilines is 1. The quantitative estimate of drug-likeness (QED) is 0.852. The zero-order chi connectivity index (χ0) is 13.4. The van der Waals surface area contributed by atoms with E-state index in [-0.39, 0.29) is 12.6 Å². The van der Waals surface area contributed by atoms with Crippen LogP contribution in [0.1, 0.15) is 30.1 Å². The van der Waals surface area contributed by atoms with Crippen LogP contribution in [0.4, 0.5) is 5.82 Å². The van der Waals surface area contributed by atoms with Crippen molar-refractivity contribution in [2.45, 2.75) is 31.7 Å². The highest BCUT2D eigenvalue weighted by Crippen LogP contribution is 2.40. The van der Waals surface area contributed by atoms with Crippen molar-refractivity contribution in [1.82, 2.24) is 9.97 Å². The molecule has 1 aliphatic carbocycles. The Labute approximate surface area is 117 Å². The number of aliphatic hydroxyl groups is 1. The van der Waals surface area contributed by atoms with Gasteiger partial charge in [0.15, 0.2) is 0 Å². The standard InChI is InChI=1S/C13H18ClN3O2/c1-8-11(14)15-12(9-2-3-9)16-13(8)17-4-5-19-7-10(17)6-18/h9-10,18H,2-7H2,1H3. The third-order valence-electron chi connectivity index (χ3n) is 3.73. The second-order valence-electron chi connectivity index (χ2n) is 5.20. The lowest BCUT2D eigenvalue weighted by molar-refractivity contribution is 0.0722. The molecule has 0 amide bonds. The van der Waals surface area contributed by atoms with E-state index in [0.29, 0.717) is 24.3 Å². The van der Waals surface area contributed by atoms with Crippen molar-refractivity contribution in [2.24, 2.45) is 0 Å². The molecule has 0 radical (unpaired) electrons. The first-order valence-electron chi connectivity index (χ1n) is 6.70. The summed E-state index contributed by atoms with van der Waals surface area (Å²) in [6, 6.07) is -0.0505. The maximum atomic E-state index is 9.48. The Bertz CT molecular complexity index is 479. The number of aromatic nitrogens is 2. The van der Waals surface area contributed by atoms with Crippen LogP contribution in [0.25, 0.3) is 0 Å². The molecule has 6 heteroatoms. The molecule has 1 unspecified atom stereocenters. The van der Waals surface area contributed by atoms with Crippen LogP contribution < -0.4 is 4.90 Å². The number of morpholine rings is 1. The van der Waals surface area contributed by atoms with E-state index in [4.69, 9.17) is 16.3 Å². The number of hydrogen-bond donors (Lipinski definition) is 1. The smallest absolute Gasteiger partial charge is 0.137 e. The molecule has 5 nitrogen and oxygen atoms in total. The van der Waals surface area contributed by atoms with Crippen molar-refractivity contribution < 1.29 is 9.84 Å². The zero-order valence-corrected chi connectivity index (χ0v) is 11.7. The van der Waals surface area contributed by atoms with Crippen molar-refractivity contribution >= 4 is 17.4 Å². The largest absolute Gasteiger partial charge is 0.394 e. The molecule has 2 heterocycles. The van der Waals surface area contributed by atoms with Crippen LogP contribution in [-0.4, -0.2) is 47.5 Å². The normalized spacial score (nSPS) is 23.7. The lowest BCUT2D eigenvalue weighted by Crippen LogP contribution is -2.48. The molecular weight excluding hydrogens is 266 g/mol. The topological polar surface area (TPSA) is 58.5 Å². The lowest BCUT2D eigenvalue weighted by Gasteiger charge is -2.36. The summed E-state index contributed by atoms with van der Waals surface area (Å²) in [5.41, 5.74) is 0.881. The molecule has 0 aromatic carbocycles. The van der Waals surface area contributed by atoms with Crippen LogP contribution in [0.5, 0.6) is 0 Å². The van der Waals surface area contributed by atoms with Crippen molar-refractivity contribution in [1.29, 1.82) is 0 Å². The molecular formula is C13H18ClN3O2. The van der Waals surface area contributed by atoms with Crippen LogP contribution in [0.3, 0.4) is 0 Å². The predicted octanol–water partition coefficient (Wildman–Crippen LogP) is 1.51. The van der Waals surface area contributed by atoms with Gasteiger partial charge in [0.1, 0.15) is 16.8 Å². The van der Waals surface area contributed by atoms with Gasteiger partial charge >= 0.3 is 0 Å². The third kappa shape index (κ3) is 2.55. The van der Waals surface area contributed by atoms with Gasteiger partial charge in [-0.2, -0.15) is 0 Å². The molecule has 1 atom stereocenters. The minimum Gasteiger partial charge on any atom is -0.394 e. The summed E-state index contributed by atoms with van der Waals surface area (Å²) < 4.78 is 5.41. The van der Waals surface area contributed by atoms with E-state index in [1.807, 2.05) is 6.92 Å². The number of hydrogen-bond acceptors (Lipinski definition) is 5. The molecule has 1 saturated heterocycles. The highest BCUT2D eigenvalue weighted by atomic mass is 35.5. The van der Waals surface area contributed by atoms with Gasteiger partial charge in [-0.05, 0) is 19.8 Å². The van der Waals surface area contributed by atoms with E-state index in [2.05, 4.69) is 14.9 Å². The molecule has 19 heavy (non-hydrogen) atoms. The first-order valence-corrected chi connectivity index (χ1v) is 7.07. The fraction of sp³-hybridized carbons (Fsp3) is 0.692. The number of halogens is 1. The Balaban J connectivity index is 1.97. The maximum absolute atomic E-state index is 9.48. The Morgan fingerprint density at radius 1 is 1.42 bits per heavy atom. The van der Waals surface area contributed by atoms with Crippen molar-refractivity contribution in [3.05, 3.63) is 16.5 Å². The Kier molecular flexibility index (Phi) is 3.60. The van der Waals surface area contributed by atoms with Gasteiger partial charge in [0.2, 0.25) is 0 Å². The van der Waals surface area contributed by atoms with Crippen LogP contribution in [0.15, 0.2) is 0 Å². The van der Waals surface area contributed by atoms with Gasteiger partial charge in [-0.25, -0.2) is 9.97 Å². The molecule has 3 rings (SSSR count). The summed E-state index contributed by atoms with van der Waals surface area (Å²) >= 11 is 6.23. The van der Waals surface area contributed by atoms with Crippen LogP contribution in [0, 0.1) is 6.92 Å². The molecule has 2 fully saturated rings. The first kappa shape index (κ1) is 13.1. The summed E-state index contributed by atoms with van der Waals surface area (Å²) in [5.74, 6) is 2.16. The lowest BCUT2D eigenvalue weighted by atomic mass is 10.2. The number of nitrogens with zero attached hydrogens (tertiary/aromatic N) is 3. The van der Waals surface area contributed by atoms with E-state index in [9.17, 15) is 5.11 Å². The van der Waals surface area contributed by atoms with Crippen LogP contribution in [-0.2, 0) is 4.74 Å². The molecule has 1 aromatic rings. The SMILES string of the molecule is Cc1c(Cl)nc(C2CC2)nc1N1CCOCC1CO. The van der Waals surface area contributed by atoms with E-state index in [0.717, 1.165) is 36.6 Å². The van der Waals surface area contributed by atoms with Crippen molar-refractivity contribution in [3.8, 4) is 0 Å². The maximum Gasteiger partial charge on any atom is 0.137 e. The van der Waals surface area contributed by atoms with E-state index >= 15 is 0 Å². The van der Waals surface area contributed by atoms with E-state index in [1.165, 1.54) is 0 Å². The molecule has 1 N–H and O–H groups in total. The Morgan fingerprint density at radius 3 is 2.89 bits per heavy atom. The summed E-state index contributed by atoms with van der Waals surface area (Å²) in [6.07, 6.45) is 2.29. The van der Waals surface area contributed by atoms with Gasteiger partial charge in [0.25, 0.3) is 0 Å². The Morgan fingerprint density at radius 2 is 2.21 bits per heavy atom. The first-order chi connectivity index (χ1) is 9.20. The van der Waals surface area contributed by atoms with E-state index < -0.39 is 0 Å². The zero-order valence-electron chi connectivity index (χ0n) is 11.0. The minimum absolute atomic E-state index is 0.0505. The predicted molar refractivity (Wildman–Crippen MR) is 72.8 cm³/mol. The summed E-state index contributed by atoms with van der Waals surface area (Å²) in [4.78, 5) is 11.2. The number of ether oxygens (including phenoxy) is 1. The molecule has 104 valence electrons. The third-order valence-corrected chi connectivity index (χ3v) is 4.10. The Hall–Kier alpha value is -0.910. The minimum atomic E-state index is -0.0505. The summed E-state index contributed by atoms with van der Waals surface area (Å²) in [7, 11) is 0. The molecule has 1 saturated carbocycles. The van der Waals surface area contributed by atoms with Gasteiger partial charge < -0.3 is 14.7 Å². The van der Waals surface area contributed by atoms with Gasteiger partial charge in [-0.15, -0.1) is 0 Å². The van der Waals surface area contributed by atoms with Gasteiger partial charge in [0, 0.05) is 18.0 Å².